The number of pyridine rings is 1. The van der Waals surface area contributed by atoms with Gasteiger partial charge in [-0.25, -0.2) is 14.2 Å². The molecule has 1 N–H and O–H groups in total. The molecule has 3 amide bonds. The summed E-state index contributed by atoms with van der Waals surface area (Å²) >= 11 is 0. The highest BCUT2D eigenvalue weighted by Gasteiger charge is 2.41. The molecule has 0 aliphatic carbocycles. The largest absolute Gasteiger partial charge is 0.474 e. The van der Waals surface area contributed by atoms with Crippen molar-refractivity contribution in [1.29, 1.82) is 0 Å². The standard InChI is InChI=1S/C38H55FN6O7/c1-24-17-42(31(18-43-25(2)21-50-22-26(43)3)19-44(24)37(48)52-38(5,6)7)20-33(46)45-27(4)23-51-36-32(45)16-29(15-28-9-11-30(39)12-10-28)34(41-36)35(47)40-13-14-49-8/h9-12,16,24-27,31H,13-15,17-23H2,1-8H3,(H,40,47)/t24-,25-,26-,27+,31+/m1/s1. The summed E-state index contributed by atoms with van der Waals surface area (Å²) in [5.74, 6) is -0.707. The maximum absolute atomic E-state index is 14.5. The monoisotopic (exact) mass is 726 g/mol. The van der Waals surface area contributed by atoms with E-state index in [0.29, 0.717) is 50.7 Å². The Hall–Kier alpha value is -3.85. The van der Waals surface area contributed by atoms with E-state index in [1.165, 1.54) is 12.1 Å². The zero-order chi connectivity index (χ0) is 37.7. The molecule has 52 heavy (non-hydrogen) atoms. The highest BCUT2D eigenvalue weighted by atomic mass is 19.1. The molecule has 5 rings (SSSR count). The van der Waals surface area contributed by atoms with Gasteiger partial charge in [0.15, 0.2) is 0 Å². The molecule has 286 valence electrons. The zero-order valence-corrected chi connectivity index (χ0v) is 31.8. The van der Waals surface area contributed by atoms with Crippen LogP contribution in [0, 0.1) is 5.82 Å². The second-order valence-electron chi connectivity index (χ2n) is 15.3. The van der Waals surface area contributed by atoms with Crippen LogP contribution in [0.1, 0.15) is 70.1 Å². The fourth-order valence-electron chi connectivity index (χ4n) is 7.14. The third-order valence-electron chi connectivity index (χ3n) is 9.79. The fourth-order valence-corrected chi connectivity index (χ4v) is 7.14. The van der Waals surface area contributed by atoms with Crippen LogP contribution >= 0.6 is 0 Å². The van der Waals surface area contributed by atoms with Crippen molar-refractivity contribution in [2.75, 3.05) is 71.2 Å². The first-order valence-corrected chi connectivity index (χ1v) is 18.2. The number of carbonyl (C=O) groups excluding carboxylic acids is 3. The van der Waals surface area contributed by atoms with E-state index in [0.717, 1.165) is 5.56 Å². The third kappa shape index (κ3) is 9.57. The third-order valence-corrected chi connectivity index (χ3v) is 9.79. The number of nitrogens with one attached hydrogen (secondary N) is 1. The molecular formula is C38H55FN6O7. The van der Waals surface area contributed by atoms with Crippen LogP contribution in [0.4, 0.5) is 14.9 Å². The number of hydrogen-bond donors (Lipinski definition) is 1. The molecule has 1 aromatic heterocycles. The van der Waals surface area contributed by atoms with E-state index in [9.17, 15) is 18.8 Å². The summed E-state index contributed by atoms with van der Waals surface area (Å²) in [4.78, 5) is 54.0. The van der Waals surface area contributed by atoms with Crippen LogP contribution in [0.3, 0.4) is 0 Å². The number of piperazine rings is 1. The Morgan fingerprint density at radius 1 is 0.981 bits per heavy atom. The van der Waals surface area contributed by atoms with Crippen LogP contribution in [0.2, 0.25) is 0 Å². The number of ether oxygens (including phenoxy) is 4. The average molecular weight is 727 g/mol. The van der Waals surface area contributed by atoms with Gasteiger partial charge in [-0.3, -0.25) is 19.4 Å². The molecule has 13 nitrogen and oxygen atoms in total. The summed E-state index contributed by atoms with van der Waals surface area (Å²) in [5.41, 5.74) is 1.36. The predicted molar refractivity (Wildman–Crippen MR) is 194 cm³/mol. The van der Waals surface area contributed by atoms with Gasteiger partial charge in [0, 0.05) is 57.5 Å². The Kier molecular flexibility index (Phi) is 12.8. The second kappa shape index (κ2) is 16.9. The Balaban J connectivity index is 1.45. The van der Waals surface area contributed by atoms with Crippen molar-refractivity contribution < 1.29 is 37.7 Å². The highest BCUT2D eigenvalue weighted by Crippen LogP contribution is 2.36. The van der Waals surface area contributed by atoms with E-state index in [2.05, 4.69) is 33.9 Å². The minimum Gasteiger partial charge on any atom is -0.474 e. The number of morpholine rings is 1. The predicted octanol–water partition coefficient (Wildman–Crippen LogP) is 3.72. The first-order chi connectivity index (χ1) is 24.6. The van der Waals surface area contributed by atoms with Crippen molar-refractivity contribution in [3.05, 3.63) is 53.0 Å². The quantitative estimate of drug-likeness (QED) is 0.363. The molecule has 2 saturated heterocycles. The zero-order valence-electron chi connectivity index (χ0n) is 31.8. The van der Waals surface area contributed by atoms with Gasteiger partial charge in [-0.15, -0.1) is 0 Å². The van der Waals surface area contributed by atoms with Gasteiger partial charge in [-0.1, -0.05) is 12.1 Å². The number of halogens is 1. The highest BCUT2D eigenvalue weighted by molar-refractivity contribution is 5.99. The summed E-state index contributed by atoms with van der Waals surface area (Å²) in [6, 6.07) is 7.55. The van der Waals surface area contributed by atoms with E-state index < -0.39 is 11.5 Å². The SMILES string of the molecule is COCCNC(=O)c1nc2c(cc1Cc1ccc(F)cc1)N(C(=O)CN1C[C@@H](C)N(C(=O)OC(C)(C)C)C[C@@H]1CN1[C@H](C)COC[C@H]1C)[C@@H](C)CO2. The summed E-state index contributed by atoms with van der Waals surface area (Å²) in [6.45, 7) is 17.4. The number of aromatic nitrogens is 1. The molecule has 14 heteroatoms. The number of hydrogen-bond acceptors (Lipinski definition) is 10. The van der Waals surface area contributed by atoms with Gasteiger partial charge in [0.1, 0.15) is 29.4 Å². The number of nitrogens with zero attached hydrogens (tertiary/aromatic N) is 5. The molecule has 0 unspecified atom stereocenters. The molecule has 3 aliphatic rings. The number of benzene rings is 1. The van der Waals surface area contributed by atoms with E-state index >= 15 is 0 Å². The Bertz CT molecular complexity index is 1560. The van der Waals surface area contributed by atoms with Gasteiger partial charge in [-0.2, -0.15) is 0 Å². The maximum Gasteiger partial charge on any atom is 0.410 e. The van der Waals surface area contributed by atoms with Gasteiger partial charge in [0.05, 0.1) is 32.4 Å². The van der Waals surface area contributed by atoms with Crippen LogP contribution in [0.5, 0.6) is 5.88 Å². The molecule has 2 aromatic rings. The summed E-state index contributed by atoms with van der Waals surface area (Å²) in [6.07, 6.45) is -0.0804. The first-order valence-electron chi connectivity index (χ1n) is 18.2. The lowest BCUT2D eigenvalue weighted by molar-refractivity contribution is -0.123. The number of fused-ring (bicyclic) bond motifs is 1. The Labute approximate surface area is 306 Å². The Morgan fingerprint density at radius 2 is 1.67 bits per heavy atom. The minimum atomic E-state index is -0.638. The van der Waals surface area contributed by atoms with Gasteiger partial charge in [0.2, 0.25) is 11.8 Å². The summed E-state index contributed by atoms with van der Waals surface area (Å²) in [7, 11) is 1.55. The van der Waals surface area contributed by atoms with Crippen molar-refractivity contribution in [1.82, 2.24) is 25.0 Å². The molecule has 0 saturated carbocycles. The fraction of sp³-hybridized carbons (Fsp3) is 0.632. The smallest absolute Gasteiger partial charge is 0.410 e. The lowest BCUT2D eigenvalue weighted by Crippen LogP contribution is -2.65. The Morgan fingerprint density at radius 3 is 2.33 bits per heavy atom. The van der Waals surface area contributed by atoms with Crippen LogP contribution in [0.25, 0.3) is 0 Å². The normalized spacial score (nSPS) is 24.2. The second-order valence-corrected chi connectivity index (χ2v) is 15.3. The summed E-state index contributed by atoms with van der Waals surface area (Å²) in [5, 5.41) is 2.83. The lowest BCUT2D eigenvalue weighted by atomic mass is 10.0. The van der Waals surface area contributed by atoms with Gasteiger partial charge < -0.3 is 34.1 Å². The first kappa shape index (κ1) is 39.4. The molecule has 0 spiro atoms. The lowest BCUT2D eigenvalue weighted by Gasteiger charge is -2.49. The van der Waals surface area contributed by atoms with Crippen molar-refractivity contribution in [3.8, 4) is 5.88 Å². The van der Waals surface area contributed by atoms with Crippen molar-refractivity contribution >= 4 is 23.6 Å². The number of rotatable bonds is 10. The number of amides is 3. The number of methoxy groups -OCH3 is 1. The van der Waals surface area contributed by atoms with Gasteiger partial charge in [-0.05, 0) is 84.2 Å². The van der Waals surface area contributed by atoms with Gasteiger partial charge in [0.25, 0.3) is 5.91 Å². The van der Waals surface area contributed by atoms with Gasteiger partial charge >= 0.3 is 6.09 Å². The van der Waals surface area contributed by atoms with Crippen molar-refractivity contribution in [2.45, 2.75) is 90.7 Å². The molecule has 3 aliphatic heterocycles. The molecule has 2 fully saturated rings. The van der Waals surface area contributed by atoms with Crippen LogP contribution < -0.4 is 15.0 Å². The van der Waals surface area contributed by atoms with E-state index in [4.69, 9.17) is 18.9 Å². The molecular weight excluding hydrogens is 671 g/mol. The molecule has 1 aromatic carbocycles. The van der Waals surface area contributed by atoms with E-state index in [-0.39, 0.29) is 85.7 Å². The average Bonchev–Trinajstić information content (AvgIpc) is 3.07. The minimum absolute atomic E-state index is 0.0978. The van der Waals surface area contributed by atoms with Crippen molar-refractivity contribution in [2.24, 2.45) is 0 Å². The van der Waals surface area contributed by atoms with Crippen molar-refractivity contribution in [3.63, 3.8) is 0 Å². The van der Waals surface area contributed by atoms with Crippen LogP contribution in [0.15, 0.2) is 30.3 Å². The molecule has 4 heterocycles. The van der Waals surface area contributed by atoms with E-state index in [1.807, 2.05) is 34.6 Å². The van der Waals surface area contributed by atoms with Crippen LogP contribution in [-0.4, -0.2) is 140 Å². The topological polar surface area (TPSA) is 126 Å². The van der Waals surface area contributed by atoms with Crippen LogP contribution in [-0.2, 0) is 25.4 Å². The maximum atomic E-state index is 14.5. The van der Waals surface area contributed by atoms with E-state index in [1.54, 1.807) is 35.1 Å². The number of carbonyl (C=O) groups is 3. The molecule has 0 radical (unpaired) electrons. The molecule has 5 atom stereocenters. The summed E-state index contributed by atoms with van der Waals surface area (Å²) < 4.78 is 36.5. The number of anilines is 1. The molecule has 0 bridgehead atoms.